The molecule has 1 N–H and O–H groups in total. The molecule has 1 aromatic carbocycles. The molecule has 1 aliphatic rings. The first-order valence-electron chi connectivity index (χ1n) is 4.73. The van der Waals surface area contributed by atoms with Gasteiger partial charge in [0.25, 0.3) is 11.8 Å². The van der Waals surface area contributed by atoms with Crippen molar-refractivity contribution < 1.29 is 14.7 Å². The zero-order valence-corrected chi connectivity index (χ0v) is 8.52. The van der Waals surface area contributed by atoms with Gasteiger partial charge in [-0.25, -0.2) is 0 Å². The second-order valence-corrected chi connectivity index (χ2v) is 3.80. The Labute approximate surface area is 87.1 Å². The highest BCUT2D eigenvalue weighted by Crippen LogP contribution is 2.27. The van der Waals surface area contributed by atoms with Crippen molar-refractivity contribution in [3.8, 4) is 5.75 Å². The van der Waals surface area contributed by atoms with Gasteiger partial charge in [-0.1, -0.05) is 0 Å². The fourth-order valence-corrected chi connectivity index (χ4v) is 1.72. The molecule has 0 atom stereocenters. The minimum atomic E-state index is -0.332. The Morgan fingerprint density at radius 2 is 1.73 bits per heavy atom. The first kappa shape index (κ1) is 9.71. The predicted molar refractivity (Wildman–Crippen MR) is 53.7 cm³/mol. The third kappa shape index (κ3) is 1.29. The predicted octanol–water partition coefficient (Wildman–Crippen LogP) is 1.40. The summed E-state index contributed by atoms with van der Waals surface area (Å²) in [6, 6.07) is 4.05. The standard InChI is InChI=1S/C11H11NO3/c1-6(2)12-10(14)8-4-3-7(13)5-9(8)11(12)15/h3-6,13H,1-2H3. The molecular formula is C11H11NO3. The summed E-state index contributed by atoms with van der Waals surface area (Å²) >= 11 is 0. The van der Waals surface area contributed by atoms with Crippen LogP contribution in [0.1, 0.15) is 34.6 Å². The Bertz CT molecular complexity index is 451. The Morgan fingerprint density at radius 3 is 2.33 bits per heavy atom. The van der Waals surface area contributed by atoms with Crippen molar-refractivity contribution in [1.82, 2.24) is 4.90 Å². The maximum Gasteiger partial charge on any atom is 0.261 e. The third-order valence-electron chi connectivity index (χ3n) is 2.42. The van der Waals surface area contributed by atoms with E-state index < -0.39 is 0 Å². The molecule has 0 unspecified atom stereocenters. The van der Waals surface area contributed by atoms with Gasteiger partial charge in [-0.05, 0) is 32.0 Å². The van der Waals surface area contributed by atoms with Crippen LogP contribution in [0.3, 0.4) is 0 Å². The molecule has 1 aromatic rings. The van der Waals surface area contributed by atoms with E-state index >= 15 is 0 Å². The highest BCUT2D eigenvalue weighted by atomic mass is 16.3. The Balaban J connectivity index is 2.56. The lowest BCUT2D eigenvalue weighted by Crippen LogP contribution is -2.35. The van der Waals surface area contributed by atoms with Crippen LogP contribution in [0.4, 0.5) is 0 Å². The molecule has 0 bridgehead atoms. The Hall–Kier alpha value is -1.84. The van der Waals surface area contributed by atoms with Crippen LogP contribution in [0.2, 0.25) is 0 Å². The van der Waals surface area contributed by atoms with Gasteiger partial charge in [0.2, 0.25) is 0 Å². The summed E-state index contributed by atoms with van der Waals surface area (Å²) in [4.78, 5) is 24.8. The molecule has 1 aliphatic heterocycles. The van der Waals surface area contributed by atoms with E-state index in [4.69, 9.17) is 0 Å². The van der Waals surface area contributed by atoms with E-state index in [-0.39, 0.29) is 29.2 Å². The number of carbonyl (C=O) groups excluding carboxylic acids is 2. The molecular weight excluding hydrogens is 194 g/mol. The second-order valence-electron chi connectivity index (χ2n) is 3.80. The van der Waals surface area contributed by atoms with E-state index in [1.165, 1.54) is 23.1 Å². The summed E-state index contributed by atoms with van der Waals surface area (Å²) in [5.41, 5.74) is 0.653. The van der Waals surface area contributed by atoms with E-state index in [0.29, 0.717) is 5.56 Å². The van der Waals surface area contributed by atoms with Gasteiger partial charge in [0.05, 0.1) is 11.1 Å². The van der Waals surface area contributed by atoms with Gasteiger partial charge in [0.15, 0.2) is 0 Å². The molecule has 1 heterocycles. The normalized spacial score (nSPS) is 15.0. The fourth-order valence-electron chi connectivity index (χ4n) is 1.72. The Kier molecular flexibility index (Phi) is 2.00. The summed E-state index contributed by atoms with van der Waals surface area (Å²) in [5, 5.41) is 9.24. The number of hydrogen-bond donors (Lipinski definition) is 1. The molecule has 0 fully saturated rings. The van der Waals surface area contributed by atoms with Crippen molar-refractivity contribution in [1.29, 1.82) is 0 Å². The first-order valence-corrected chi connectivity index (χ1v) is 4.73. The zero-order chi connectivity index (χ0) is 11.2. The average Bonchev–Trinajstić information content (AvgIpc) is 2.39. The average molecular weight is 205 g/mol. The molecule has 0 saturated carbocycles. The summed E-state index contributed by atoms with van der Waals surface area (Å²) < 4.78 is 0. The highest BCUT2D eigenvalue weighted by Gasteiger charge is 2.37. The van der Waals surface area contributed by atoms with Gasteiger partial charge in [-0.3, -0.25) is 14.5 Å². The lowest BCUT2D eigenvalue weighted by atomic mass is 10.1. The minimum absolute atomic E-state index is 0.000469. The largest absolute Gasteiger partial charge is 0.508 e. The smallest absolute Gasteiger partial charge is 0.261 e. The lowest BCUT2D eigenvalue weighted by molar-refractivity contribution is 0.0609. The summed E-state index contributed by atoms with van der Waals surface area (Å²) in [7, 11) is 0. The van der Waals surface area contributed by atoms with Crippen molar-refractivity contribution in [2.24, 2.45) is 0 Å². The van der Waals surface area contributed by atoms with Gasteiger partial charge < -0.3 is 5.11 Å². The monoisotopic (exact) mass is 205 g/mol. The van der Waals surface area contributed by atoms with Gasteiger partial charge in [-0.2, -0.15) is 0 Å². The number of fused-ring (bicyclic) bond motifs is 1. The van der Waals surface area contributed by atoms with E-state index in [0.717, 1.165) is 0 Å². The van der Waals surface area contributed by atoms with Gasteiger partial charge in [0, 0.05) is 6.04 Å². The van der Waals surface area contributed by atoms with E-state index in [1.54, 1.807) is 13.8 Å². The van der Waals surface area contributed by atoms with Crippen LogP contribution in [0.5, 0.6) is 5.75 Å². The summed E-state index contributed by atoms with van der Waals surface area (Å²) in [6.07, 6.45) is 0. The SMILES string of the molecule is CC(C)N1C(=O)c2ccc(O)cc2C1=O. The molecule has 0 aliphatic carbocycles. The molecule has 0 spiro atoms. The van der Waals surface area contributed by atoms with Crippen molar-refractivity contribution in [3.05, 3.63) is 29.3 Å². The van der Waals surface area contributed by atoms with Crippen molar-refractivity contribution in [2.45, 2.75) is 19.9 Å². The molecule has 0 saturated heterocycles. The number of rotatable bonds is 1. The maximum absolute atomic E-state index is 11.8. The lowest BCUT2D eigenvalue weighted by Gasteiger charge is -2.17. The molecule has 78 valence electrons. The van der Waals surface area contributed by atoms with E-state index in [1.807, 2.05) is 0 Å². The highest BCUT2D eigenvalue weighted by molar-refractivity contribution is 6.21. The molecule has 4 heteroatoms. The van der Waals surface area contributed by atoms with Gasteiger partial charge in [-0.15, -0.1) is 0 Å². The summed E-state index contributed by atoms with van der Waals surface area (Å²) in [6.45, 7) is 3.56. The molecule has 15 heavy (non-hydrogen) atoms. The number of imide groups is 1. The topological polar surface area (TPSA) is 57.6 Å². The van der Waals surface area contributed by atoms with E-state index in [9.17, 15) is 14.7 Å². The van der Waals surface area contributed by atoms with Crippen LogP contribution in [0, 0.1) is 0 Å². The number of benzene rings is 1. The number of amides is 2. The molecule has 2 rings (SSSR count). The maximum atomic E-state index is 11.8. The zero-order valence-electron chi connectivity index (χ0n) is 8.52. The van der Waals surface area contributed by atoms with Crippen LogP contribution in [0.15, 0.2) is 18.2 Å². The van der Waals surface area contributed by atoms with Crippen molar-refractivity contribution >= 4 is 11.8 Å². The van der Waals surface area contributed by atoms with Crippen LogP contribution in [-0.4, -0.2) is 27.9 Å². The quantitative estimate of drug-likeness (QED) is 0.705. The molecule has 0 aromatic heterocycles. The number of nitrogens with zero attached hydrogens (tertiary/aromatic N) is 1. The summed E-state index contributed by atoms with van der Waals surface area (Å²) in [5.74, 6) is -0.619. The minimum Gasteiger partial charge on any atom is -0.508 e. The number of phenols is 1. The van der Waals surface area contributed by atoms with Crippen molar-refractivity contribution in [2.75, 3.05) is 0 Å². The fraction of sp³-hybridized carbons (Fsp3) is 0.273. The first-order chi connectivity index (χ1) is 7.02. The van der Waals surface area contributed by atoms with Crippen LogP contribution < -0.4 is 0 Å². The second kappa shape index (κ2) is 3.08. The molecule has 4 nitrogen and oxygen atoms in total. The van der Waals surface area contributed by atoms with Crippen LogP contribution >= 0.6 is 0 Å². The van der Waals surface area contributed by atoms with Crippen LogP contribution in [0.25, 0.3) is 0 Å². The van der Waals surface area contributed by atoms with Crippen LogP contribution in [-0.2, 0) is 0 Å². The number of aromatic hydroxyl groups is 1. The number of phenolic OH excluding ortho intramolecular Hbond substituents is 1. The van der Waals surface area contributed by atoms with Gasteiger partial charge in [0.1, 0.15) is 5.75 Å². The number of hydrogen-bond acceptors (Lipinski definition) is 3. The van der Waals surface area contributed by atoms with Crippen molar-refractivity contribution in [3.63, 3.8) is 0 Å². The molecule has 2 amide bonds. The number of carbonyl (C=O) groups is 2. The van der Waals surface area contributed by atoms with Gasteiger partial charge >= 0.3 is 0 Å². The molecule has 0 radical (unpaired) electrons. The Morgan fingerprint density at radius 1 is 1.13 bits per heavy atom. The third-order valence-corrected chi connectivity index (χ3v) is 2.42. The van der Waals surface area contributed by atoms with E-state index in [2.05, 4.69) is 0 Å².